The third-order valence-electron chi connectivity index (χ3n) is 1.38. The fourth-order valence-corrected chi connectivity index (χ4v) is 0.679. The summed E-state index contributed by atoms with van der Waals surface area (Å²) in [7, 11) is 0. The van der Waals surface area contributed by atoms with E-state index >= 15 is 0 Å². The van der Waals surface area contributed by atoms with Crippen molar-refractivity contribution in [2.45, 2.75) is 33.5 Å². The van der Waals surface area contributed by atoms with Gasteiger partial charge in [0, 0.05) is 12.5 Å². The van der Waals surface area contributed by atoms with Crippen LogP contribution in [0.2, 0.25) is 0 Å². The van der Waals surface area contributed by atoms with E-state index in [-0.39, 0.29) is 11.8 Å². The first-order valence-corrected chi connectivity index (χ1v) is 4.47. The van der Waals surface area contributed by atoms with Crippen molar-refractivity contribution in [2.75, 3.05) is 13.2 Å². The number of hydrogen-bond donors (Lipinski definition) is 2. The monoisotopic (exact) mass is 189 g/mol. The number of ether oxygens (including phenoxy) is 1. The van der Waals surface area contributed by atoms with Crippen molar-refractivity contribution in [1.29, 1.82) is 0 Å². The van der Waals surface area contributed by atoms with Gasteiger partial charge in [-0.1, -0.05) is 13.8 Å². The van der Waals surface area contributed by atoms with Crippen LogP contribution in [-0.4, -0.2) is 30.0 Å². The molecule has 0 rings (SSSR count). The number of aliphatic hydroxyl groups is 1. The van der Waals surface area contributed by atoms with Crippen LogP contribution in [0.15, 0.2) is 0 Å². The van der Waals surface area contributed by atoms with Crippen LogP contribution < -0.4 is 5.32 Å². The van der Waals surface area contributed by atoms with Crippen molar-refractivity contribution >= 4 is 5.91 Å². The van der Waals surface area contributed by atoms with Gasteiger partial charge in [0.2, 0.25) is 5.91 Å². The molecule has 0 aromatic rings. The third kappa shape index (κ3) is 7.74. The molecule has 0 aromatic heterocycles. The first-order valence-electron chi connectivity index (χ1n) is 4.47. The normalized spacial score (nSPS) is 11.8. The van der Waals surface area contributed by atoms with E-state index in [2.05, 4.69) is 5.32 Å². The van der Waals surface area contributed by atoms with Gasteiger partial charge in [0.15, 0.2) is 5.79 Å². The van der Waals surface area contributed by atoms with Crippen LogP contribution in [-0.2, 0) is 9.53 Å². The van der Waals surface area contributed by atoms with E-state index in [4.69, 9.17) is 9.84 Å². The van der Waals surface area contributed by atoms with E-state index in [1.165, 1.54) is 0 Å². The average Bonchev–Trinajstić information content (AvgIpc) is 1.95. The Morgan fingerprint density at radius 3 is 2.46 bits per heavy atom. The number of amides is 1. The first-order chi connectivity index (χ1) is 5.83. The Hall–Kier alpha value is -0.610. The largest absolute Gasteiger partial charge is 0.366 e. The van der Waals surface area contributed by atoms with Crippen LogP contribution in [0.3, 0.4) is 0 Å². The summed E-state index contributed by atoms with van der Waals surface area (Å²) in [5.41, 5.74) is 0. The van der Waals surface area contributed by atoms with Crippen molar-refractivity contribution in [3.8, 4) is 0 Å². The molecular weight excluding hydrogens is 170 g/mol. The van der Waals surface area contributed by atoms with E-state index < -0.39 is 5.79 Å². The second kappa shape index (κ2) is 5.19. The van der Waals surface area contributed by atoms with Crippen LogP contribution >= 0.6 is 0 Å². The SMILES string of the molecule is CC(C)C(=O)NCCOC(C)(C)O. The molecule has 0 atom stereocenters. The molecule has 0 aliphatic carbocycles. The van der Waals surface area contributed by atoms with Crippen molar-refractivity contribution in [3.63, 3.8) is 0 Å². The molecule has 0 aliphatic rings. The topological polar surface area (TPSA) is 58.6 Å². The van der Waals surface area contributed by atoms with E-state index in [1.807, 2.05) is 13.8 Å². The van der Waals surface area contributed by atoms with Crippen LogP contribution in [0.5, 0.6) is 0 Å². The van der Waals surface area contributed by atoms with E-state index in [0.29, 0.717) is 13.2 Å². The summed E-state index contributed by atoms with van der Waals surface area (Å²) in [5.74, 6) is -1.13. The van der Waals surface area contributed by atoms with E-state index in [1.54, 1.807) is 13.8 Å². The molecule has 78 valence electrons. The fraction of sp³-hybridized carbons (Fsp3) is 0.889. The van der Waals surface area contributed by atoms with Crippen LogP contribution in [0.25, 0.3) is 0 Å². The number of rotatable bonds is 5. The van der Waals surface area contributed by atoms with Gasteiger partial charge in [-0.25, -0.2) is 0 Å². The highest BCUT2D eigenvalue weighted by atomic mass is 16.6. The van der Waals surface area contributed by atoms with Gasteiger partial charge in [0.25, 0.3) is 0 Å². The molecule has 4 nitrogen and oxygen atoms in total. The second-order valence-electron chi connectivity index (χ2n) is 3.74. The van der Waals surface area contributed by atoms with Gasteiger partial charge >= 0.3 is 0 Å². The quantitative estimate of drug-likeness (QED) is 0.489. The Morgan fingerprint density at radius 1 is 1.54 bits per heavy atom. The zero-order valence-corrected chi connectivity index (χ0v) is 8.76. The predicted molar refractivity (Wildman–Crippen MR) is 50.1 cm³/mol. The van der Waals surface area contributed by atoms with E-state index in [9.17, 15) is 4.79 Å². The highest BCUT2D eigenvalue weighted by Crippen LogP contribution is 2.01. The second-order valence-corrected chi connectivity index (χ2v) is 3.74. The molecule has 0 saturated carbocycles. The van der Waals surface area contributed by atoms with Crippen molar-refractivity contribution in [3.05, 3.63) is 0 Å². The summed E-state index contributed by atoms with van der Waals surface area (Å²) in [6.07, 6.45) is 0. The number of carbonyl (C=O) groups is 1. The lowest BCUT2D eigenvalue weighted by molar-refractivity contribution is -0.175. The van der Waals surface area contributed by atoms with Crippen molar-refractivity contribution in [1.82, 2.24) is 5.32 Å². The van der Waals surface area contributed by atoms with E-state index in [0.717, 1.165) is 0 Å². The molecule has 0 heterocycles. The zero-order valence-electron chi connectivity index (χ0n) is 8.76. The molecule has 4 heteroatoms. The van der Waals surface area contributed by atoms with Crippen molar-refractivity contribution < 1.29 is 14.6 Å². The molecule has 0 fully saturated rings. The average molecular weight is 189 g/mol. The molecule has 1 amide bonds. The summed E-state index contributed by atoms with van der Waals surface area (Å²) in [6.45, 7) is 7.51. The van der Waals surface area contributed by atoms with Crippen LogP contribution in [0.4, 0.5) is 0 Å². The summed E-state index contributed by atoms with van der Waals surface area (Å²) >= 11 is 0. The minimum absolute atomic E-state index is 0.000606. The van der Waals surface area contributed by atoms with Gasteiger partial charge in [-0.05, 0) is 13.8 Å². The van der Waals surface area contributed by atoms with Gasteiger partial charge in [-0.3, -0.25) is 4.79 Å². The molecule has 0 bridgehead atoms. The molecule has 13 heavy (non-hydrogen) atoms. The molecule has 0 saturated heterocycles. The highest BCUT2D eigenvalue weighted by Gasteiger charge is 2.12. The smallest absolute Gasteiger partial charge is 0.222 e. The van der Waals surface area contributed by atoms with Gasteiger partial charge in [-0.15, -0.1) is 0 Å². The van der Waals surface area contributed by atoms with Crippen molar-refractivity contribution in [2.24, 2.45) is 5.92 Å². The van der Waals surface area contributed by atoms with Crippen LogP contribution in [0, 0.1) is 5.92 Å². The Balaban J connectivity index is 3.42. The highest BCUT2D eigenvalue weighted by molar-refractivity contribution is 5.77. The standard InChI is InChI=1S/C9H19NO3/c1-7(2)8(11)10-5-6-13-9(3,4)12/h7,12H,5-6H2,1-4H3,(H,10,11). The van der Waals surface area contributed by atoms with Crippen LogP contribution in [0.1, 0.15) is 27.7 Å². The zero-order chi connectivity index (χ0) is 10.5. The maximum atomic E-state index is 11.0. The Bertz CT molecular complexity index is 161. The lowest BCUT2D eigenvalue weighted by Crippen LogP contribution is -2.33. The predicted octanol–water partition coefficient (Wildman–Crippen LogP) is 0.504. The molecular formula is C9H19NO3. The number of carbonyl (C=O) groups excluding carboxylic acids is 1. The summed E-state index contributed by atoms with van der Waals surface area (Å²) in [6, 6.07) is 0. The Labute approximate surface area is 79.3 Å². The summed E-state index contributed by atoms with van der Waals surface area (Å²) in [4.78, 5) is 11.0. The number of hydrogen-bond acceptors (Lipinski definition) is 3. The maximum absolute atomic E-state index is 11.0. The molecule has 0 radical (unpaired) electrons. The minimum Gasteiger partial charge on any atom is -0.366 e. The lowest BCUT2D eigenvalue weighted by Gasteiger charge is -2.18. The minimum atomic E-state index is -1.12. The summed E-state index contributed by atoms with van der Waals surface area (Å²) < 4.78 is 5.00. The van der Waals surface area contributed by atoms with Gasteiger partial charge in [0.05, 0.1) is 6.61 Å². The molecule has 0 spiro atoms. The fourth-order valence-electron chi connectivity index (χ4n) is 0.679. The van der Waals surface area contributed by atoms with Gasteiger partial charge in [0.1, 0.15) is 0 Å². The lowest BCUT2D eigenvalue weighted by atomic mass is 10.2. The number of nitrogens with one attached hydrogen (secondary N) is 1. The molecule has 0 aromatic carbocycles. The maximum Gasteiger partial charge on any atom is 0.222 e. The first kappa shape index (κ1) is 12.4. The molecule has 2 N–H and O–H groups in total. The molecule has 0 aliphatic heterocycles. The Morgan fingerprint density at radius 2 is 2.08 bits per heavy atom. The third-order valence-corrected chi connectivity index (χ3v) is 1.38. The summed E-state index contributed by atoms with van der Waals surface area (Å²) in [5, 5.41) is 11.8. The van der Waals surface area contributed by atoms with Gasteiger partial charge in [-0.2, -0.15) is 0 Å². The van der Waals surface area contributed by atoms with Gasteiger partial charge < -0.3 is 15.2 Å². The Kier molecular flexibility index (Phi) is 4.95. The molecule has 0 unspecified atom stereocenters.